The molecule has 25 heavy (non-hydrogen) atoms. The molecule has 5 nitrogen and oxygen atoms in total. The predicted octanol–water partition coefficient (Wildman–Crippen LogP) is 2.76. The van der Waals surface area contributed by atoms with Crippen molar-refractivity contribution in [3.05, 3.63) is 0 Å². The van der Waals surface area contributed by atoms with Gasteiger partial charge in [-0.05, 0) is 32.1 Å². The van der Waals surface area contributed by atoms with Crippen molar-refractivity contribution in [2.75, 3.05) is 43.4 Å². The molecule has 1 unspecified atom stereocenters. The van der Waals surface area contributed by atoms with E-state index in [1.807, 2.05) is 0 Å². The van der Waals surface area contributed by atoms with Crippen molar-refractivity contribution in [2.24, 2.45) is 10.9 Å². The van der Waals surface area contributed by atoms with E-state index in [2.05, 4.69) is 28.9 Å². The molecule has 0 bridgehead atoms. The number of nitrogens with zero attached hydrogens (tertiary/aromatic N) is 2. The second-order valence-electron chi connectivity index (χ2n) is 7.48. The van der Waals surface area contributed by atoms with Crippen LogP contribution in [0.25, 0.3) is 0 Å². The molecule has 1 saturated carbocycles. The molecule has 3 aliphatic rings. The van der Waals surface area contributed by atoms with Crippen LogP contribution < -0.4 is 5.32 Å². The first-order valence-electron chi connectivity index (χ1n) is 9.40. The Balaban J connectivity index is 0.00000225. The zero-order valence-electron chi connectivity index (χ0n) is 15.2. The summed E-state index contributed by atoms with van der Waals surface area (Å²) < 4.78 is 23.7. The van der Waals surface area contributed by atoms with E-state index in [0.717, 1.165) is 32.0 Å². The third-order valence-corrected chi connectivity index (χ3v) is 8.85. The first-order valence-corrected chi connectivity index (χ1v) is 12.2. The number of guanidine groups is 1. The highest BCUT2D eigenvalue weighted by atomic mass is 127. The molecular weight excluding hydrogens is 469 g/mol. The van der Waals surface area contributed by atoms with Gasteiger partial charge in [0.25, 0.3) is 0 Å². The van der Waals surface area contributed by atoms with Crippen molar-refractivity contribution in [1.82, 2.24) is 10.2 Å². The summed E-state index contributed by atoms with van der Waals surface area (Å²) in [4.78, 5) is 7.25. The number of nitrogens with one attached hydrogen (secondary N) is 1. The van der Waals surface area contributed by atoms with Crippen LogP contribution in [-0.2, 0) is 9.84 Å². The number of thioether (sulfide) groups is 1. The Labute approximate surface area is 174 Å². The standard InChI is InChI=1S/C17H31N3O2S2.HI/c1-2-18-16(19-12-15-6-11-24(21,22)13-15)20-9-10-23-17(14-20)7-4-3-5-8-17;/h15H,2-14H2,1H3,(H,18,19);1H. The molecule has 8 heteroatoms. The van der Waals surface area contributed by atoms with Crippen LogP contribution in [-0.4, -0.2) is 67.5 Å². The second-order valence-corrected chi connectivity index (χ2v) is 11.3. The smallest absolute Gasteiger partial charge is 0.193 e. The van der Waals surface area contributed by atoms with Gasteiger partial charge in [0.2, 0.25) is 0 Å². The van der Waals surface area contributed by atoms with Crippen LogP contribution >= 0.6 is 35.7 Å². The fourth-order valence-corrected chi connectivity index (χ4v) is 7.60. The fourth-order valence-electron chi connectivity index (χ4n) is 4.18. The lowest BCUT2D eigenvalue weighted by Crippen LogP contribution is -2.53. The maximum atomic E-state index is 11.6. The zero-order valence-corrected chi connectivity index (χ0v) is 19.2. The summed E-state index contributed by atoms with van der Waals surface area (Å²) in [7, 11) is -2.81. The highest BCUT2D eigenvalue weighted by Crippen LogP contribution is 2.42. The maximum Gasteiger partial charge on any atom is 0.193 e. The molecule has 2 aliphatic heterocycles. The molecule has 0 amide bonds. The molecule has 1 spiro atoms. The van der Waals surface area contributed by atoms with Crippen molar-refractivity contribution in [1.29, 1.82) is 0 Å². The molecule has 1 atom stereocenters. The van der Waals surface area contributed by atoms with Gasteiger partial charge in [-0.2, -0.15) is 11.8 Å². The Hall–Kier alpha value is 0.300. The van der Waals surface area contributed by atoms with E-state index in [1.54, 1.807) is 0 Å². The van der Waals surface area contributed by atoms with E-state index < -0.39 is 9.84 Å². The lowest BCUT2D eigenvalue weighted by Gasteiger charge is -2.45. The highest BCUT2D eigenvalue weighted by Gasteiger charge is 2.38. The van der Waals surface area contributed by atoms with E-state index >= 15 is 0 Å². The average Bonchev–Trinajstić information content (AvgIpc) is 2.91. The van der Waals surface area contributed by atoms with Crippen LogP contribution in [0.2, 0.25) is 0 Å². The highest BCUT2D eigenvalue weighted by molar-refractivity contribution is 14.0. The van der Waals surface area contributed by atoms with Crippen molar-refractivity contribution >= 4 is 51.5 Å². The maximum absolute atomic E-state index is 11.6. The van der Waals surface area contributed by atoms with Crippen molar-refractivity contribution < 1.29 is 8.42 Å². The summed E-state index contributed by atoms with van der Waals surface area (Å²) in [5, 5.41) is 3.44. The first-order chi connectivity index (χ1) is 11.5. The lowest BCUT2D eigenvalue weighted by atomic mass is 9.87. The summed E-state index contributed by atoms with van der Waals surface area (Å²) in [6.07, 6.45) is 7.52. The van der Waals surface area contributed by atoms with Gasteiger partial charge in [-0.25, -0.2) is 8.42 Å². The third kappa shape index (κ3) is 5.89. The zero-order chi connectivity index (χ0) is 17.0. The van der Waals surface area contributed by atoms with Gasteiger partial charge in [0.05, 0.1) is 11.5 Å². The number of aliphatic imine (C=N–C) groups is 1. The number of sulfone groups is 1. The third-order valence-electron chi connectivity index (χ3n) is 5.47. The SMILES string of the molecule is CCNC(=NCC1CCS(=O)(=O)C1)N1CCSC2(CCCCC2)C1.I. The topological polar surface area (TPSA) is 61.8 Å². The summed E-state index contributed by atoms with van der Waals surface area (Å²) in [5.74, 6) is 3.02. The molecule has 2 heterocycles. The molecular formula is C17H32IN3O2S2. The lowest BCUT2D eigenvalue weighted by molar-refractivity contribution is 0.293. The number of hydrogen-bond donors (Lipinski definition) is 1. The molecule has 1 aliphatic carbocycles. The van der Waals surface area contributed by atoms with Gasteiger partial charge in [-0.3, -0.25) is 4.99 Å². The molecule has 0 aromatic heterocycles. The summed E-state index contributed by atoms with van der Waals surface area (Å²) >= 11 is 2.17. The summed E-state index contributed by atoms with van der Waals surface area (Å²) in [6.45, 7) is 5.73. The van der Waals surface area contributed by atoms with Crippen LogP contribution in [0.1, 0.15) is 45.4 Å². The molecule has 146 valence electrons. The minimum Gasteiger partial charge on any atom is -0.357 e. The number of hydrogen-bond acceptors (Lipinski definition) is 4. The molecule has 0 radical (unpaired) electrons. The minimum absolute atomic E-state index is 0. The Kier molecular flexibility index (Phi) is 8.19. The van der Waals surface area contributed by atoms with Gasteiger partial charge < -0.3 is 10.2 Å². The Morgan fingerprint density at radius 1 is 1.32 bits per heavy atom. The van der Waals surface area contributed by atoms with Crippen LogP contribution in [0.5, 0.6) is 0 Å². The van der Waals surface area contributed by atoms with Crippen molar-refractivity contribution in [2.45, 2.75) is 50.2 Å². The average molecular weight is 502 g/mol. The fraction of sp³-hybridized carbons (Fsp3) is 0.941. The van der Waals surface area contributed by atoms with Crippen molar-refractivity contribution in [3.63, 3.8) is 0 Å². The van der Waals surface area contributed by atoms with Gasteiger partial charge in [-0.15, -0.1) is 24.0 Å². The van der Waals surface area contributed by atoms with Crippen LogP contribution in [0, 0.1) is 5.92 Å². The van der Waals surface area contributed by atoms with E-state index in [0.29, 0.717) is 22.8 Å². The molecule has 2 saturated heterocycles. The van der Waals surface area contributed by atoms with Gasteiger partial charge in [0.1, 0.15) is 0 Å². The number of halogens is 1. The Morgan fingerprint density at radius 2 is 2.08 bits per heavy atom. The molecule has 1 N–H and O–H groups in total. The molecule has 0 aromatic rings. The Morgan fingerprint density at radius 3 is 2.72 bits per heavy atom. The van der Waals surface area contributed by atoms with Gasteiger partial charge in [-0.1, -0.05) is 19.3 Å². The summed E-state index contributed by atoms with van der Waals surface area (Å²) in [6, 6.07) is 0. The van der Waals surface area contributed by atoms with Crippen LogP contribution in [0.4, 0.5) is 0 Å². The quantitative estimate of drug-likeness (QED) is 0.366. The monoisotopic (exact) mass is 501 g/mol. The minimum atomic E-state index is -2.81. The van der Waals surface area contributed by atoms with E-state index in [4.69, 9.17) is 4.99 Å². The molecule has 0 aromatic carbocycles. The van der Waals surface area contributed by atoms with Crippen LogP contribution in [0.3, 0.4) is 0 Å². The summed E-state index contributed by atoms with van der Waals surface area (Å²) in [5.41, 5.74) is 0. The van der Waals surface area contributed by atoms with E-state index in [9.17, 15) is 8.42 Å². The molecule has 3 rings (SSSR count). The van der Waals surface area contributed by atoms with Gasteiger partial charge in [0, 0.05) is 36.7 Å². The Bertz CT molecular complexity index is 557. The van der Waals surface area contributed by atoms with Crippen LogP contribution in [0.15, 0.2) is 4.99 Å². The predicted molar refractivity (Wildman–Crippen MR) is 118 cm³/mol. The van der Waals surface area contributed by atoms with Gasteiger partial charge >= 0.3 is 0 Å². The normalized spacial score (nSPS) is 28.6. The largest absolute Gasteiger partial charge is 0.357 e. The van der Waals surface area contributed by atoms with Crippen molar-refractivity contribution in [3.8, 4) is 0 Å². The van der Waals surface area contributed by atoms with E-state index in [1.165, 1.54) is 37.9 Å². The van der Waals surface area contributed by atoms with Gasteiger partial charge in [0.15, 0.2) is 15.8 Å². The van der Waals surface area contributed by atoms with E-state index in [-0.39, 0.29) is 29.9 Å². The first kappa shape index (κ1) is 21.6. The molecule has 3 fully saturated rings. The second kappa shape index (κ2) is 9.48. The number of rotatable bonds is 3.